The van der Waals surface area contributed by atoms with Gasteiger partial charge in [-0.1, -0.05) is 35.9 Å². The Morgan fingerprint density at radius 2 is 1.81 bits per heavy atom. The van der Waals surface area contributed by atoms with Crippen LogP contribution in [0.4, 0.5) is 0 Å². The SMILES string of the molecule is O=C(COc1ccc(Cl)cc1Br)N/N=C/c1cccc(OC(=O)c2ccccc2Br)c1. The van der Waals surface area contributed by atoms with E-state index in [9.17, 15) is 9.59 Å². The third-order valence-corrected chi connectivity index (χ3v) is 5.36. The maximum Gasteiger partial charge on any atom is 0.344 e. The second-order valence-electron chi connectivity index (χ2n) is 6.10. The fourth-order valence-electron chi connectivity index (χ4n) is 2.39. The quantitative estimate of drug-likeness (QED) is 0.175. The number of benzene rings is 3. The lowest BCUT2D eigenvalue weighted by Crippen LogP contribution is -2.24. The minimum Gasteiger partial charge on any atom is -0.483 e. The molecule has 0 saturated heterocycles. The van der Waals surface area contributed by atoms with Crippen molar-refractivity contribution < 1.29 is 19.1 Å². The van der Waals surface area contributed by atoms with Gasteiger partial charge in [-0.15, -0.1) is 0 Å². The fourth-order valence-corrected chi connectivity index (χ4v) is 3.64. The third kappa shape index (κ3) is 6.92. The molecule has 1 amide bonds. The van der Waals surface area contributed by atoms with Crippen LogP contribution in [0.1, 0.15) is 15.9 Å². The Kier molecular flexibility index (Phi) is 8.22. The predicted molar refractivity (Wildman–Crippen MR) is 126 cm³/mol. The largest absolute Gasteiger partial charge is 0.483 e. The molecule has 3 rings (SSSR count). The number of nitrogens with one attached hydrogen (secondary N) is 1. The number of halogens is 3. The van der Waals surface area contributed by atoms with Crippen molar-refractivity contribution in [3.8, 4) is 11.5 Å². The highest BCUT2D eigenvalue weighted by molar-refractivity contribution is 9.10. The summed E-state index contributed by atoms with van der Waals surface area (Å²) in [6.45, 7) is -0.221. The van der Waals surface area contributed by atoms with Crippen LogP contribution in [0.5, 0.6) is 11.5 Å². The lowest BCUT2D eigenvalue weighted by Gasteiger charge is -2.07. The van der Waals surface area contributed by atoms with Crippen LogP contribution in [0, 0.1) is 0 Å². The Morgan fingerprint density at radius 3 is 2.58 bits per heavy atom. The molecule has 0 unspecified atom stereocenters. The van der Waals surface area contributed by atoms with E-state index in [0.717, 1.165) is 0 Å². The number of esters is 1. The molecular weight excluding hydrogens is 552 g/mol. The van der Waals surface area contributed by atoms with Crippen molar-refractivity contribution in [2.75, 3.05) is 6.61 Å². The number of amides is 1. The van der Waals surface area contributed by atoms with E-state index < -0.39 is 11.9 Å². The van der Waals surface area contributed by atoms with Crippen LogP contribution < -0.4 is 14.9 Å². The van der Waals surface area contributed by atoms with E-state index in [2.05, 4.69) is 42.4 Å². The first-order valence-corrected chi connectivity index (χ1v) is 10.9. The van der Waals surface area contributed by atoms with E-state index >= 15 is 0 Å². The zero-order chi connectivity index (χ0) is 22.2. The number of hydrogen-bond donors (Lipinski definition) is 1. The average molecular weight is 567 g/mol. The molecule has 31 heavy (non-hydrogen) atoms. The lowest BCUT2D eigenvalue weighted by molar-refractivity contribution is -0.123. The topological polar surface area (TPSA) is 77.0 Å². The van der Waals surface area contributed by atoms with Crippen molar-refractivity contribution in [1.29, 1.82) is 0 Å². The Morgan fingerprint density at radius 1 is 1.00 bits per heavy atom. The van der Waals surface area contributed by atoms with Crippen molar-refractivity contribution in [2.45, 2.75) is 0 Å². The van der Waals surface area contributed by atoms with E-state index in [1.165, 1.54) is 6.21 Å². The second kappa shape index (κ2) is 11.1. The van der Waals surface area contributed by atoms with E-state index in [-0.39, 0.29) is 6.61 Å². The molecule has 9 heteroatoms. The molecule has 3 aromatic rings. The zero-order valence-electron chi connectivity index (χ0n) is 15.8. The second-order valence-corrected chi connectivity index (χ2v) is 8.24. The molecule has 0 heterocycles. The van der Waals surface area contributed by atoms with Crippen molar-refractivity contribution in [1.82, 2.24) is 5.43 Å². The zero-order valence-corrected chi connectivity index (χ0v) is 19.8. The molecule has 0 aliphatic rings. The smallest absolute Gasteiger partial charge is 0.344 e. The van der Waals surface area contributed by atoms with Gasteiger partial charge in [0, 0.05) is 9.50 Å². The molecule has 0 aromatic heterocycles. The molecule has 3 aromatic carbocycles. The van der Waals surface area contributed by atoms with Gasteiger partial charge in [-0.3, -0.25) is 4.79 Å². The summed E-state index contributed by atoms with van der Waals surface area (Å²) in [5.74, 6) is -0.0787. The standard InChI is InChI=1S/C22H15Br2ClN2O4/c23-18-7-2-1-6-17(18)22(29)31-16-5-3-4-14(10-16)12-26-27-21(28)13-30-20-9-8-15(25)11-19(20)24/h1-12H,13H2,(H,27,28)/b26-12+. The molecule has 0 saturated carbocycles. The summed E-state index contributed by atoms with van der Waals surface area (Å²) in [5.41, 5.74) is 3.43. The molecule has 0 radical (unpaired) electrons. The van der Waals surface area contributed by atoms with Gasteiger partial charge in [0.15, 0.2) is 6.61 Å². The summed E-state index contributed by atoms with van der Waals surface area (Å²) in [7, 11) is 0. The van der Waals surface area contributed by atoms with Crippen LogP contribution in [0.3, 0.4) is 0 Å². The fraction of sp³-hybridized carbons (Fsp3) is 0.0455. The molecular formula is C22H15Br2ClN2O4. The van der Waals surface area contributed by atoms with Crippen LogP contribution in [-0.4, -0.2) is 24.7 Å². The number of rotatable bonds is 7. The number of carbonyl (C=O) groups is 2. The summed E-state index contributed by atoms with van der Waals surface area (Å²) in [6.07, 6.45) is 1.44. The van der Waals surface area contributed by atoms with Gasteiger partial charge >= 0.3 is 5.97 Å². The van der Waals surface area contributed by atoms with E-state index in [1.54, 1.807) is 60.7 Å². The first-order valence-electron chi connectivity index (χ1n) is 8.89. The summed E-state index contributed by atoms with van der Waals surface area (Å²) in [5, 5.41) is 4.45. The maximum atomic E-state index is 12.3. The molecule has 0 fully saturated rings. The average Bonchev–Trinajstić information content (AvgIpc) is 2.73. The summed E-state index contributed by atoms with van der Waals surface area (Å²) in [6, 6.07) is 18.7. The molecule has 0 spiro atoms. The van der Waals surface area contributed by atoms with Crippen LogP contribution in [0.15, 0.2) is 80.8 Å². The van der Waals surface area contributed by atoms with Gasteiger partial charge in [-0.2, -0.15) is 5.10 Å². The van der Waals surface area contributed by atoms with E-state index in [4.69, 9.17) is 21.1 Å². The Bertz CT molecular complexity index is 1140. The van der Waals surface area contributed by atoms with Gasteiger partial charge in [0.1, 0.15) is 11.5 Å². The van der Waals surface area contributed by atoms with E-state index in [1.807, 2.05) is 6.07 Å². The van der Waals surface area contributed by atoms with Gasteiger partial charge in [0.05, 0.1) is 16.3 Å². The number of carbonyl (C=O) groups excluding carboxylic acids is 2. The molecule has 0 aliphatic carbocycles. The Labute approximate surface area is 200 Å². The van der Waals surface area contributed by atoms with Crippen molar-refractivity contribution in [3.05, 3.63) is 91.8 Å². The number of hydrogen-bond acceptors (Lipinski definition) is 5. The predicted octanol–water partition coefficient (Wildman–Crippen LogP) is 5.61. The van der Waals surface area contributed by atoms with Crippen molar-refractivity contribution in [2.24, 2.45) is 5.10 Å². The first kappa shape index (κ1) is 23.0. The van der Waals surface area contributed by atoms with Gasteiger partial charge < -0.3 is 9.47 Å². The van der Waals surface area contributed by atoms with Gasteiger partial charge in [0.2, 0.25) is 0 Å². The van der Waals surface area contributed by atoms with Crippen LogP contribution >= 0.6 is 43.5 Å². The highest BCUT2D eigenvalue weighted by Crippen LogP contribution is 2.27. The molecule has 0 aliphatic heterocycles. The third-order valence-electron chi connectivity index (χ3n) is 3.82. The minimum atomic E-state index is -0.486. The minimum absolute atomic E-state index is 0.221. The Balaban J connectivity index is 1.53. The van der Waals surface area contributed by atoms with E-state index in [0.29, 0.717) is 36.6 Å². The van der Waals surface area contributed by atoms with Crippen molar-refractivity contribution >= 4 is 61.6 Å². The number of hydrazone groups is 1. The number of ether oxygens (including phenoxy) is 2. The number of nitrogens with zero attached hydrogens (tertiary/aromatic N) is 1. The molecule has 1 N–H and O–H groups in total. The summed E-state index contributed by atoms with van der Waals surface area (Å²) in [4.78, 5) is 24.2. The summed E-state index contributed by atoms with van der Waals surface area (Å²) < 4.78 is 12.1. The maximum absolute atomic E-state index is 12.3. The van der Waals surface area contributed by atoms with Crippen LogP contribution in [-0.2, 0) is 4.79 Å². The lowest BCUT2D eigenvalue weighted by atomic mass is 10.2. The van der Waals surface area contributed by atoms with Gasteiger partial charge in [-0.25, -0.2) is 10.2 Å². The highest BCUT2D eigenvalue weighted by atomic mass is 79.9. The highest BCUT2D eigenvalue weighted by Gasteiger charge is 2.12. The van der Waals surface area contributed by atoms with Gasteiger partial charge in [-0.05, 0) is 79.9 Å². The first-order chi connectivity index (χ1) is 14.9. The molecule has 158 valence electrons. The van der Waals surface area contributed by atoms with Gasteiger partial charge in [0.25, 0.3) is 5.91 Å². The van der Waals surface area contributed by atoms with Crippen LogP contribution in [0.25, 0.3) is 0 Å². The van der Waals surface area contributed by atoms with Crippen LogP contribution in [0.2, 0.25) is 5.02 Å². The normalized spacial score (nSPS) is 10.7. The summed E-state index contributed by atoms with van der Waals surface area (Å²) >= 11 is 12.5. The molecule has 0 atom stereocenters. The molecule has 6 nitrogen and oxygen atoms in total. The molecule has 0 bridgehead atoms. The Hall–Kier alpha value is -2.68. The van der Waals surface area contributed by atoms with Crippen molar-refractivity contribution in [3.63, 3.8) is 0 Å². The monoisotopic (exact) mass is 564 g/mol.